The minimum atomic E-state index is -0.365. The van der Waals surface area contributed by atoms with Gasteiger partial charge < -0.3 is 15.2 Å². The third-order valence-corrected chi connectivity index (χ3v) is 2.50. The van der Waals surface area contributed by atoms with Crippen LogP contribution in [0.4, 0.5) is 0 Å². The Morgan fingerprint density at radius 1 is 1.12 bits per heavy atom. The first kappa shape index (κ1) is 13.2. The molecule has 16 heavy (non-hydrogen) atoms. The maximum Gasteiger partial charge on any atom is 0.176 e. The smallest absolute Gasteiger partial charge is 0.176 e. The summed E-state index contributed by atoms with van der Waals surface area (Å²) in [6.07, 6.45) is -0.365. The molecule has 0 amide bonds. The summed E-state index contributed by atoms with van der Waals surface area (Å²) in [7, 11) is 0. The van der Waals surface area contributed by atoms with Crippen molar-refractivity contribution in [1.82, 2.24) is 0 Å². The highest BCUT2D eigenvalue weighted by Gasteiger charge is 2.21. The lowest BCUT2D eigenvalue weighted by molar-refractivity contribution is -0.149. The second-order valence-corrected chi connectivity index (χ2v) is 3.66. The van der Waals surface area contributed by atoms with Crippen molar-refractivity contribution in [3.8, 4) is 0 Å². The zero-order chi connectivity index (χ0) is 12.0. The number of hydrogen-bond acceptors (Lipinski definition) is 3. The minimum Gasteiger partial charge on any atom is -0.351 e. The first-order chi connectivity index (χ1) is 7.70. The van der Waals surface area contributed by atoms with E-state index in [9.17, 15) is 0 Å². The number of aryl methyl sites for hydroxylation is 1. The van der Waals surface area contributed by atoms with E-state index in [1.165, 1.54) is 5.56 Å². The zero-order valence-electron chi connectivity index (χ0n) is 10.3. The Kier molecular flexibility index (Phi) is 5.46. The molecule has 0 aliphatic heterocycles. The molecule has 0 fully saturated rings. The van der Waals surface area contributed by atoms with Gasteiger partial charge in [-0.05, 0) is 31.9 Å². The summed E-state index contributed by atoms with van der Waals surface area (Å²) in [6.45, 7) is 7.13. The van der Waals surface area contributed by atoms with Gasteiger partial charge in [0.05, 0.1) is 6.04 Å². The summed E-state index contributed by atoms with van der Waals surface area (Å²) in [5, 5.41) is 0. The zero-order valence-corrected chi connectivity index (χ0v) is 10.3. The number of ether oxygens (including phenoxy) is 2. The monoisotopic (exact) mass is 223 g/mol. The van der Waals surface area contributed by atoms with Crippen LogP contribution in [0, 0.1) is 6.92 Å². The average molecular weight is 223 g/mol. The molecule has 90 valence electrons. The quantitative estimate of drug-likeness (QED) is 0.753. The van der Waals surface area contributed by atoms with Crippen LogP contribution in [0.15, 0.2) is 24.3 Å². The fourth-order valence-electron chi connectivity index (χ4n) is 1.69. The van der Waals surface area contributed by atoms with Gasteiger partial charge in [0.2, 0.25) is 0 Å². The van der Waals surface area contributed by atoms with E-state index in [2.05, 4.69) is 0 Å². The lowest BCUT2D eigenvalue weighted by Gasteiger charge is -2.24. The van der Waals surface area contributed by atoms with Crippen LogP contribution >= 0.6 is 0 Å². The molecule has 3 nitrogen and oxygen atoms in total. The first-order valence-electron chi connectivity index (χ1n) is 5.75. The Bertz CT molecular complexity index is 309. The Labute approximate surface area is 97.6 Å². The lowest BCUT2D eigenvalue weighted by atomic mass is 10.0. The standard InChI is InChI=1S/C13H21NO2/c1-4-15-13(16-5-2)12(14)11-9-7-6-8-10(11)3/h6-9,12-13H,4-5,14H2,1-3H3. The third-order valence-electron chi connectivity index (χ3n) is 2.50. The van der Waals surface area contributed by atoms with Gasteiger partial charge in [0, 0.05) is 13.2 Å². The molecule has 0 heterocycles. The summed E-state index contributed by atoms with van der Waals surface area (Å²) in [4.78, 5) is 0. The van der Waals surface area contributed by atoms with Crippen molar-refractivity contribution in [3.63, 3.8) is 0 Å². The van der Waals surface area contributed by atoms with Crippen molar-refractivity contribution >= 4 is 0 Å². The predicted molar refractivity (Wildman–Crippen MR) is 65.1 cm³/mol. The van der Waals surface area contributed by atoms with Crippen LogP contribution in [0.5, 0.6) is 0 Å². The van der Waals surface area contributed by atoms with Crippen LogP contribution < -0.4 is 5.73 Å². The average Bonchev–Trinajstić information content (AvgIpc) is 2.28. The summed E-state index contributed by atoms with van der Waals surface area (Å²) < 4.78 is 11.0. The van der Waals surface area contributed by atoms with E-state index in [0.29, 0.717) is 13.2 Å². The Morgan fingerprint density at radius 3 is 2.19 bits per heavy atom. The van der Waals surface area contributed by atoms with Crippen molar-refractivity contribution in [2.24, 2.45) is 5.73 Å². The van der Waals surface area contributed by atoms with Crippen molar-refractivity contribution in [2.75, 3.05) is 13.2 Å². The third kappa shape index (κ3) is 3.30. The van der Waals surface area contributed by atoms with Crippen molar-refractivity contribution in [1.29, 1.82) is 0 Å². The topological polar surface area (TPSA) is 44.5 Å². The van der Waals surface area contributed by atoms with Gasteiger partial charge in [-0.15, -0.1) is 0 Å². The number of hydrogen-bond donors (Lipinski definition) is 1. The van der Waals surface area contributed by atoms with Gasteiger partial charge in [-0.1, -0.05) is 24.3 Å². The van der Waals surface area contributed by atoms with Gasteiger partial charge in [-0.25, -0.2) is 0 Å². The number of benzene rings is 1. The van der Waals surface area contributed by atoms with Crippen LogP contribution in [0.2, 0.25) is 0 Å². The highest BCUT2D eigenvalue weighted by Crippen LogP contribution is 2.21. The van der Waals surface area contributed by atoms with Gasteiger partial charge in [0.25, 0.3) is 0 Å². The highest BCUT2D eigenvalue weighted by atomic mass is 16.7. The fraction of sp³-hybridized carbons (Fsp3) is 0.538. The Hall–Kier alpha value is -0.900. The maximum atomic E-state index is 6.16. The molecular weight excluding hydrogens is 202 g/mol. The largest absolute Gasteiger partial charge is 0.351 e. The summed E-state index contributed by atoms with van der Waals surface area (Å²) in [5.74, 6) is 0. The first-order valence-corrected chi connectivity index (χ1v) is 5.75. The molecule has 0 aliphatic carbocycles. The molecule has 0 bridgehead atoms. The molecule has 0 aliphatic rings. The van der Waals surface area contributed by atoms with Crippen molar-refractivity contribution in [3.05, 3.63) is 35.4 Å². The lowest BCUT2D eigenvalue weighted by Crippen LogP contribution is -2.32. The van der Waals surface area contributed by atoms with E-state index >= 15 is 0 Å². The van der Waals surface area contributed by atoms with E-state index in [1.807, 2.05) is 45.0 Å². The summed E-state index contributed by atoms with van der Waals surface area (Å²) >= 11 is 0. The van der Waals surface area contributed by atoms with E-state index < -0.39 is 0 Å². The van der Waals surface area contributed by atoms with Crippen LogP contribution in [-0.2, 0) is 9.47 Å². The molecule has 0 radical (unpaired) electrons. The van der Waals surface area contributed by atoms with E-state index in [4.69, 9.17) is 15.2 Å². The molecule has 1 unspecified atom stereocenters. The molecule has 3 heteroatoms. The maximum absolute atomic E-state index is 6.16. The van der Waals surface area contributed by atoms with Crippen molar-refractivity contribution < 1.29 is 9.47 Å². The normalized spacial score (nSPS) is 13.1. The van der Waals surface area contributed by atoms with Crippen LogP contribution in [0.25, 0.3) is 0 Å². The summed E-state index contributed by atoms with van der Waals surface area (Å²) in [5.41, 5.74) is 8.41. The number of rotatable bonds is 6. The predicted octanol–water partition coefficient (Wildman–Crippen LogP) is 2.39. The van der Waals surface area contributed by atoms with Gasteiger partial charge in [-0.3, -0.25) is 0 Å². The van der Waals surface area contributed by atoms with Gasteiger partial charge in [0.15, 0.2) is 6.29 Å². The van der Waals surface area contributed by atoms with Gasteiger partial charge in [0.1, 0.15) is 0 Å². The van der Waals surface area contributed by atoms with Gasteiger partial charge in [-0.2, -0.15) is 0 Å². The molecule has 0 aromatic heterocycles. The van der Waals surface area contributed by atoms with E-state index in [0.717, 1.165) is 5.56 Å². The molecule has 1 aromatic carbocycles. The van der Waals surface area contributed by atoms with Crippen LogP contribution in [-0.4, -0.2) is 19.5 Å². The number of nitrogens with two attached hydrogens (primary N) is 1. The fourth-order valence-corrected chi connectivity index (χ4v) is 1.69. The molecule has 0 saturated heterocycles. The van der Waals surface area contributed by atoms with Crippen LogP contribution in [0.3, 0.4) is 0 Å². The molecule has 1 aromatic rings. The molecule has 1 atom stereocenters. The Morgan fingerprint density at radius 2 is 1.69 bits per heavy atom. The van der Waals surface area contributed by atoms with Gasteiger partial charge >= 0.3 is 0 Å². The Balaban J connectivity index is 2.81. The molecule has 1 rings (SSSR count). The highest BCUT2D eigenvalue weighted by molar-refractivity contribution is 5.28. The minimum absolute atomic E-state index is 0.235. The summed E-state index contributed by atoms with van der Waals surface area (Å²) in [6, 6.07) is 7.81. The van der Waals surface area contributed by atoms with E-state index in [-0.39, 0.29) is 12.3 Å². The molecule has 0 spiro atoms. The molecule has 0 saturated carbocycles. The SMILES string of the molecule is CCOC(OCC)C(N)c1ccccc1C. The molecule has 2 N–H and O–H groups in total. The second kappa shape index (κ2) is 6.63. The van der Waals surface area contributed by atoms with E-state index in [1.54, 1.807) is 0 Å². The second-order valence-electron chi connectivity index (χ2n) is 3.66. The molecular formula is C13H21NO2. The van der Waals surface area contributed by atoms with Crippen LogP contribution in [0.1, 0.15) is 31.0 Å². The van der Waals surface area contributed by atoms with Crippen molar-refractivity contribution in [2.45, 2.75) is 33.1 Å².